The molecule has 0 radical (unpaired) electrons. The number of carbonyl (C=O) groups is 2. The lowest BCUT2D eigenvalue weighted by molar-refractivity contribution is -0.118. The van der Waals surface area contributed by atoms with E-state index in [2.05, 4.69) is 31.4 Å². The van der Waals surface area contributed by atoms with Gasteiger partial charge >= 0.3 is 0 Å². The van der Waals surface area contributed by atoms with E-state index in [-0.39, 0.29) is 23.8 Å². The molecule has 6 heteroatoms. The second kappa shape index (κ2) is 10.6. The molecule has 0 fully saturated rings. The molecule has 0 heterocycles. The van der Waals surface area contributed by atoms with Crippen molar-refractivity contribution in [2.45, 2.75) is 32.6 Å². The maximum atomic E-state index is 12.2. The summed E-state index contributed by atoms with van der Waals surface area (Å²) in [6.07, 6.45) is 0.759. The van der Waals surface area contributed by atoms with E-state index in [1.54, 1.807) is 31.4 Å². The van der Waals surface area contributed by atoms with Gasteiger partial charge in [0.25, 0.3) is 11.8 Å². The lowest BCUT2D eigenvalue weighted by atomic mass is 9.86. The van der Waals surface area contributed by atoms with Crippen molar-refractivity contribution in [3.05, 3.63) is 59.7 Å². The van der Waals surface area contributed by atoms with E-state index in [1.165, 1.54) is 0 Å². The Bertz CT molecular complexity index is 810. The minimum Gasteiger partial charge on any atom is -0.483 e. The Balaban J connectivity index is 1.86. The summed E-state index contributed by atoms with van der Waals surface area (Å²) in [5.74, 6) is 0.294. The van der Waals surface area contributed by atoms with Crippen LogP contribution >= 0.6 is 0 Å². The SMILES string of the molecule is COCCCNC(=O)c1ccc(NC(=O)COc2ccccc2C(C)(C)C)cc1. The maximum Gasteiger partial charge on any atom is 0.262 e. The fourth-order valence-corrected chi connectivity index (χ4v) is 2.78. The number of hydrogen-bond acceptors (Lipinski definition) is 4. The predicted molar refractivity (Wildman–Crippen MR) is 115 cm³/mol. The zero-order valence-electron chi connectivity index (χ0n) is 17.6. The topological polar surface area (TPSA) is 76.7 Å². The van der Waals surface area contributed by atoms with Gasteiger partial charge in [0.2, 0.25) is 0 Å². The monoisotopic (exact) mass is 398 g/mol. The van der Waals surface area contributed by atoms with Crippen molar-refractivity contribution >= 4 is 17.5 Å². The van der Waals surface area contributed by atoms with E-state index < -0.39 is 0 Å². The fourth-order valence-electron chi connectivity index (χ4n) is 2.78. The largest absolute Gasteiger partial charge is 0.483 e. The fraction of sp³-hybridized carbons (Fsp3) is 0.391. The van der Waals surface area contributed by atoms with Crippen molar-refractivity contribution < 1.29 is 19.1 Å². The van der Waals surface area contributed by atoms with Crippen LogP contribution in [0.2, 0.25) is 0 Å². The number of hydrogen-bond donors (Lipinski definition) is 2. The second-order valence-corrected chi connectivity index (χ2v) is 7.76. The Kier molecular flexibility index (Phi) is 8.21. The third-order valence-corrected chi connectivity index (χ3v) is 4.30. The molecular weight excluding hydrogens is 368 g/mol. The molecule has 156 valence electrons. The van der Waals surface area contributed by atoms with Gasteiger partial charge in [0.1, 0.15) is 5.75 Å². The molecule has 6 nitrogen and oxygen atoms in total. The quantitative estimate of drug-likeness (QED) is 0.631. The van der Waals surface area contributed by atoms with Crippen molar-refractivity contribution in [2.24, 2.45) is 0 Å². The zero-order chi connectivity index (χ0) is 21.3. The van der Waals surface area contributed by atoms with Crippen LogP contribution in [0.5, 0.6) is 5.75 Å². The van der Waals surface area contributed by atoms with E-state index >= 15 is 0 Å². The summed E-state index contributed by atoms with van der Waals surface area (Å²) >= 11 is 0. The van der Waals surface area contributed by atoms with Crippen LogP contribution in [0.3, 0.4) is 0 Å². The van der Waals surface area contributed by atoms with Gasteiger partial charge in [-0.05, 0) is 47.7 Å². The van der Waals surface area contributed by atoms with Gasteiger partial charge in [0, 0.05) is 31.5 Å². The molecule has 0 bridgehead atoms. The van der Waals surface area contributed by atoms with Crippen LogP contribution in [0.1, 0.15) is 43.1 Å². The van der Waals surface area contributed by atoms with E-state index in [0.29, 0.717) is 30.2 Å². The van der Waals surface area contributed by atoms with Crippen molar-refractivity contribution in [2.75, 3.05) is 32.2 Å². The molecule has 0 saturated carbocycles. The van der Waals surface area contributed by atoms with Crippen molar-refractivity contribution in [3.8, 4) is 5.75 Å². The van der Waals surface area contributed by atoms with Crippen molar-refractivity contribution in [3.63, 3.8) is 0 Å². The van der Waals surface area contributed by atoms with Crippen LogP contribution in [-0.4, -0.2) is 38.7 Å². The summed E-state index contributed by atoms with van der Waals surface area (Å²) in [6.45, 7) is 7.38. The molecule has 29 heavy (non-hydrogen) atoms. The lowest BCUT2D eigenvalue weighted by Gasteiger charge is -2.22. The number of carbonyl (C=O) groups excluding carboxylic acids is 2. The summed E-state index contributed by atoms with van der Waals surface area (Å²) in [4.78, 5) is 24.3. The van der Waals surface area contributed by atoms with Crippen molar-refractivity contribution in [1.82, 2.24) is 5.32 Å². The van der Waals surface area contributed by atoms with E-state index in [9.17, 15) is 9.59 Å². The third-order valence-electron chi connectivity index (χ3n) is 4.30. The predicted octanol–water partition coefficient (Wildman–Crippen LogP) is 3.77. The maximum absolute atomic E-state index is 12.2. The molecule has 0 unspecified atom stereocenters. The Morgan fingerprint density at radius 1 is 1.00 bits per heavy atom. The highest BCUT2D eigenvalue weighted by molar-refractivity contribution is 5.96. The van der Waals surface area contributed by atoms with Gasteiger partial charge in [0.05, 0.1) is 0 Å². The number of amides is 2. The smallest absolute Gasteiger partial charge is 0.262 e. The number of anilines is 1. The Labute approximate surface area is 172 Å². The number of rotatable bonds is 9. The van der Waals surface area contributed by atoms with Crippen LogP contribution in [-0.2, 0) is 14.9 Å². The Morgan fingerprint density at radius 2 is 1.69 bits per heavy atom. The third kappa shape index (κ3) is 7.23. The number of methoxy groups -OCH3 is 1. The highest BCUT2D eigenvalue weighted by atomic mass is 16.5. The van der Waals surface area contributed by atoms with Gasteiger partial charge in [-0.1, -0.05) is 39.0 Å². The first-order chi connectivity index (χ1) is 13.8. The molecule has 0 aromatic heterocycles. The molecule has 2 aromatic rings. The molecule has 2 rings (SSSR count). The standard InChI is InChI=1S/C23H30N2O4/c1-23(2,3)19-8-5-6-9-20(19)29-16-21(26)25-18-12-10-17(11-13-18)22(27)24-14-7-15-28-4/h5-6,8-13H,7,14-16H2,1-4H3,(H,24,27)(H,25,26). The molecule has 0 aliphatic rings. The number of benzene rings is 2. The molecule has 0 atom stereocenters. The van der Waals surface area contributed by atoms with Crippen LogP contribution in [0.25, 0.3) is 0 Å². The molecule has 2 aromatic carbocycles. The van der Waals surface area contributed by atoms with Crippen LogP contribution in [0, 0.1) is 0 Å². The first kappa shape index (κ1) is 22.4. The number of nitrogens with one attached hydrogen (secondary N) is 2. The van der Waals surface area contributed by atoms with Gasteiger partial charge in [-0.2, -0.15) is 0 Å². The van der Waals surface area contributed by atoms with Gasteiger partial charge in [-0.15, -0.1) is 0 Å². The van der Waals surface area contributed by atoms with Gasteiger partial charge in [-0.25, -0.2) is 0 Å². The molecular formula is C23H30N2O4. The van der Waals surface area contributed by atoms with Gasteiger partial charge < -0.3 is 20.1 Å². The second-order valence-electron chi connectivity index (χ2n) is 7.76. The van der Waals surface area contributed by atoms with Crippen LogP contribution in [0.15, 0.2) is 48.5 Å². The van der Waals surface area contributed by atoms with E-state index in [4.69, 9.17) is 9.47 Å². The highest BCUT2D eigenvalue weighted by Crippen LogP contribution is 2.30. The average molecular weight is 399 g/mol. The summed E-state index contributed by atoms with van der Waals surface area (Å²) in [5.41, 5.74) is 2.12. The zero-order valence-corrected chi connectivity index (χ0v) is 17.6. The first-order valence-corrected chi connectivity index (χ1v) is 9.70. The van der Waals surface area contributed by atoms with Crippen LogP contribution < -0.4 is 15.4 Å². The summed E-state index contributed by atoms with van der Waals surface area (Å²) in [7, 11) is 1.63. The highest BCUT2D eigenvalue weighted by Gasteiger charge is 2.19. The molecule has 2 N–H and O–H groups in total. The number of ether oxygens (including phenoxy) is 2. The normalized spacial score (nSPS) is 11.0. The van der Waals surface area contributed by atoms with E-state index in [1.807, 2.05) is 24.3 Å². The summed E-state index contributed by atoms with van der Waals surface area (Å²) in [6, 6.07) is 14.5. The van der Waals surface area contributed by atoms with Gasteiger partial charge in [0.15, 0.2) is 6.61 Å². The molecule has 0 saturated heterocycles. The molecule has 2 amide bonds. The minimum absolute atomic E-state index is 0.0764. The van der Waals surface area contributed by atoms with Crippen molar-refractivity contribution in [1.29, 1.82) is 0 Å². The first-order valence-electron chi connectivity index (χ1n) is 9.70. The van der Waals surface area contributed by atoms with Gasteiger partial charge in [-0.3, -0.25) is 9.59 Å². The average Bonchev–Trinajstić information content (AvgIpc) is 2.69. The molecule has 0 spiro atoms. The van der Waals surface area contributed by atoms with E-state index in [0.717, 1.165) is 12.0 Å². The molecule has 0 aliphatic carbocycles. The number of para-hydroxylation sites is 1. The van der Waals surface area contributed by atoms with Crippen LogP contribution in [0.4, 0.5) is 5.69 Å². The Hall–Kier alpha value is -2.86. The summed E-state index contributed by atoms with van der Waals surface area (Å²) < 4.78 is 10.7. The lowest BCUT2D eigenvalue weighted by Crippen LogP contribution is -2.25. The molecule has 0 aliphatic heterocycles. The minimum atomic E-state index is -0.259. The summed E-state index contributed by atoms with van der Waals surface area (Å²) in [5, 5.41) is 5.61. The Morgan fingerprint density at radius 3 is 2.34 bits per heavy atom.